The van der Waals surface area contributed by atoms with Crippen molar-refractivity contribution in [2.75, 3.05) is 0 Å². The number of hydrogen-bond acceptors (Lipinski definition) is 12. The topological polar surface area (TPSA) is 203 Å². The van der Waals surface area contributed by atoms with E-state index in [1.807, 2.05) is 0 Å². The lowest BCUT2D eigenvalue weighted by molar-refractivity contribution is -0.139. The van der Waals surface area contributed by atoms with E-state index in [0.717, 1.165) is 12.1 Å². The Morgan fingerprint density at radius 1 is 0.762 bits per heavy atom. The van der Waals surface area contributed by atoms with Crippen LogP contribution in [0.5, 0.6) is 46.0 Å². The molecule has 0 fully saturated rings. The molecule has 5 atom stereocenters. The van der Waals surface area contributed by atoms with Gasteiger partial charge in [0.05, 0.1) is 24.2 Å². The van der Waals surface area contributed by atoms with Crippen molar-refractivity contribution in [2.24, 2.45) is 0 Å². The molecule has 3 aromatic carbocycles. The molecule has 12 nitrogen and oxygen atoms in total. The third kappa shape index (κ3) is 3.62. The molecule has 0 amide bonds. The van der Waals surface area contributed by atoms with Gasteiger partial charge in [-0.05, 0) is 23.8 Å². The highest BCUT2D eigenvalue weighted by molar-refractivity contribution is 6.45. The second kappa shape index (κ2) is 8.78. The maximum atomic E-state index is 12.8. The molecule has 3 aromatic rings. The molecule has 0 bridgehead atoms. The zero-order chi connectivity index (χ0) is 29.7. The molecule has 1 unspecified atom stereocenters. The number of hydrogen-bond donors (Lipinski definition) is 7. The van der Waals surface area contributed by atoms with E-state index in [2.05, 4.69) is 0 Å². The van der Waals surface area contributed by atoms with E-state index in [1.165, 1.54) is 30.3 Å². The Hall–Kier alpha value is -4.94. The Labute approximate surface area is 236 Å². The van der Waals surface area contributed by atoms with Crippen molar-refractivity contribution in [1.82, 2.24) is 0 Å². The van der Waals surface area contributed by atoms with Crippen LogP contribution in [0.4, 0.5) is 0 Å². The standard InChI is InChI=1S/C30H24O12/c31-12-4-17(33)13-6-22(38)29(40-24(13)5-12)30-10-23(39)20(36)8-15(30)26-25(42-30)9-18(34)14-7-21(37)27(41-28(14)26)11-1-2-16(32)19(35)3-11/h1-5,8-9,21-22,27,29,31-35,37-38H,6-7,10H2/t21-,22-,27+,29-,30?/m0/s1. The molecule has 0 saturated carbocycles. The second-order valence-corrected chi connectivity index (χ2v) is 10.9. The van der Waals surface area contributed by atoms with Gasteiger partial charge >= 0.3 is 0 Å². The number of ketones is 2. The number of fused-ring (bicyclic) bond motifs is 6. The largest absolute Gasteiger partial charge is 0.508 e. The van der Waals surface area contributed by atoms with E-state index in [-0.39, 0.29) is 75.4 Å². The predicted octanol–water partition coefficient (Wildman–Crippen LogP) is 1.67. The number of benzene rings is 3. The van der Waals surface area contributed by atoms with Gasteiger partial charge in [0, 0.05) is 47.7 Å². The highest BCUT2D eigenvalue weighted by Gasteiger charge is 2.60. The monoisotopic (exact) mass is 576 g/mol. The van der Waals surface area contributed by atoms with E-state index in [9.17, 15) is 45.3 Å². The zero-order valence-corrected chi connectivity index (χ0v) is 21.6. The highest BCUT2D eigenvalue weighted by Crippen LogP contribution is 2.59. The molecule has 3 heterocycles. The summed E-state index contributed by atoms with van der Waals surface area (Å²) < 4.78 is 18.6. The van der Waals surface area contributed by atoms with E-state index < -0.39 is 53.8 Å². The summed E-state index contributed by atoms with van der Waals surface area (Å²) in [6, 6.07) is 7.55. The number of carbonyl (C=O) groups is 2. The van der Waals surface area contributed by atoms with Gasteiger partial charge in [0.1, 0.15) is 40.6 Å². The lowest BCUT2D eigenvalue weighted by atomic mass is 9.73. The van der Waals surface area contributed by atoms with Crippen molar-refractivity contribution in [3.8, 4) is 46.0 Å². The van der Waals surface area contributed by atoms with E-state index in [0.29, 0.717) is 5.56 Å². The highest BCUT2D eigenvalue weighted by atomic mass is 16.6. The number of Topliss-reactive ketones (excluding diaryl/α,β-unsaturated/α-hetero) is 1. The summed E-state index contributed by atoms with van der Waals surface area (Å²) in [5.74, 6) is -3.16. The van der Waals surface area contributed by atoms with E-state index in [4.69, 9.17) is 14.2 Å². The maximum Gasteiger partial charge on any atom is 0.222 e. The molecule has 0 radical (unpaired) electrons. The van der Waals surface area contributed by atoms with Crippen LogP contribution < -0.4 is 14.2 Å². The molecule has 7 rings (SSSR count). The van der Waals surface area contributed by atoms with Crippen LogP contribution in [0.2, 0.25) is 0 Å². The predicted molar refractivity (Wildman–Crippen MR) is 141 cm³/mol. The normalized spacial score (nSPS) is 27.4. The van der Waals surface area contributed by atoms with Gasteiger partial charge in [0.25, 0.3) is 0 Å². The lowest BCUT2D eigenvalue weighted by Crippen LogP contribution is -2.59. The molecule has 0 aromatic heterocycles. The molecule has 42 heavy (non-hydrogen) atoms. The van der Waals surface area contributed by atoms with Gasteiger partial charge in [-0.3, -0.25) is 9.59 Å². The minimum absolute atomic E-state index is 0.0315. The van der Waals surface area contributed by atoms with Crippen LogP contribution in [0.3, 0.4) is 0 Å². The van der Waals surface area contributed by atoms with Crippen molar-refractivity contribution in [3.05, 3.63) is 64.7 Å². The number of allylic oxidation sites excluding steroid dienone is 1. The van der Waals surface area contributed by atoms with E-state index >= 15 is 0 Å². The van der Waals surface area contributed by atoms with Crippen molar-refractivity contribution in [2.45, 2.75) is 49.3 Å². The minimum atomic E-state index is -1.77. The number of aliphatic hydroxyl groups excluding tert-OH is 2. The maximum absolute atomic E-state index is 12.8. The summed E-state index contributed by atoms with van der Waals surface area (Å²) in [6.45, 7) is 0. The minimum Gasteiger partial charge on any atom is -0.508 e. The summed E-state index contributed by atoms with van der Waals surface area (Å²) in [6.07, 6.45) is -4.56. The Balaban J connectivity index is 1.37. The molecular weight excluding hydrogens is 552 g/mol. The van der Waals surface area contributed by atoms with Gasteiger partial charge in [-0.15, -0.1) is 0 Å². The first-order chi connectivity index (χ1) is 20.0. The fourth-order valence-electron chi connectivity index (χ4n) is 6.36. The zero-order valence-electron chi connectivity index (χ0n) is 21.6. The fraction of sp³-hybridized carbons (Fsp3) is 0.267. The third-order valence-electron chi connectivity index (χ3n) is 8.30. The Morgan fingerprint density at radius 2 is 1.50 bits per heavy atom. The molecule has 1 aliphatic carbocycles. The molecule has 216 valence electrons. The van der Waals surface area contributed by atoms with Crippen LogP contribution in [0, 0.1) is 0 Å². The van der Waals surface area contributed by atoms with Crippen molar-refractivity contribution in [3.63, 3.8) is 0 Å². The van der Waals surface area contributed by atoms with Gasteiger partial charge in [-0.25, -0.2) is 0 Å². The van der Waals surface area contributed by atoms with Crippen LogP contribution >= 0.6 is 0 Å². The van der Waals surface area contributed by atoms with Gasteiger partial charge in [-0.1, -0.05) is 6.07 Å². The Morgan fingerprint density at radius 3 is 2.26 bits per heavy atom. The number of aliphatic hydroxyl groups is 2. The van der Waals surface area contributed by atoms with Crippen LogP contribution in [-0.2, 0) is 22.4 Å². The third-order valence-corrected chi connectivity index (χ3v) is 8.30. The summed E-state index contributed by atoms with van der Waals surface area (Å²) in [5, 5.41) is 73.2. The lowest BCUT2D eigenvalue weighted by Gasteiger charge is -2.43. The Bertz CT molecular complexity index is 1740. The first kappa shape index (κ1) is 26.0. The first-order valence-electron chi connectivity index (χ1n) is 13.1. The SMILES string of the molecule is O=C1C=C2c3c(cc(O)c4c3O[C@H](c3ccc(O)c(O)c3)[C@@H](O)C4)OC2([C@H]2Oc3cc(O)cc(O)c3C[C@@H]2O)CC1=O. The molecule has 0 saturated heterocycles. The van der Waals surface area contributed by atoms with Crippen LogP contribution in [-0.4, -0.2) is 71.2 Å². The number of ether oxygens (including phenoxy) is 3. The van der Waals surface area contributed by atoms with Gasteiger partial charge in [-0.2, -0.15) is 0 Å². The van der Waals surface area contributed by atoms with Crippen molar-refractivity contribution >= 4 is 17.1 Å². The summed E-state index contributed by atoms with van der Waals surface area (Å²) in [5.41, 5.74) is -0.645. The number of phenols is 5. The smallest absolute Gasteiger partial charge is 0.222 e. The summed E-state index contributed by atoms with van der Waals surface area (Å²) in [7, 11) is 0. The van der Waals surface area contributed by atoms with Crippen LogP contribution in [0.15, 0.2) is 42.5 Å². The summed E-state index contributed by atoms with van der Waals surface area (Å²) in [4.78, 5) is 25.6. The second-order valence-electron chi connectivity index (χ2n) is 10.9. The molecule has 7 N–H and O–H groups in total. The van der Waals surface area contributed by atoms with E-state index in [1.54, 1.807) is 0 Å². The van der Waals surface area contributed by atoms with Crippen LogP contribution in [0.1, 0.15) is 34.8 Å². The average molecular weight is 577 g/mol. The van der Waals surface area contributed by atoms with Crippen molar-refractivity contribution < 1.29 is 59.5 Å². The van der Waals surface area contributed by atoms with Gasteiger partial charge in [0.15, 0.2) is 23.2 Å². The quantitative estimate of drug-likeness (QED) is 0.172. The van der Waals surface area contributed by atoms with Crippen LogP contribution in [0.25, 0.3) is 5.57 Å². The fourth-order valence-corrected chi connectivity index (χ4v) is 6.36. The first-order valence-corrected chi connectivity index (χ1v) is 13.1. The molecule has 4 aliphatic rings. The van der Waals surface area contributed by atoms with Gasteiger partial charge in [0.2, 0.25) is 11.6 Å². The number of aromatic hydroxyl groups is 5. The average Bonchev–Trinajstić information content (AvgIpc) is 3.24. The number of carbonyl (C=O) groups excluding carboxylic acids is 2. The number of rotatable bonds is 2. The summed E-state index contributed by atoms with van der Waals surface area (Å²) >= 11 is 0. The Kier molecular flexibility index (Phi) is 5.43. The molecule has 3 aliphatic heterocycles. The molecule has 12 heteroatoms. The molecular formula is C30H24O12. The van der Waals surface area contributed by atoms with Gasteiger partial charge < -0.3 is 50.0 Å². The molecule has 0 spiro atoms. The number of phenolic OH excluding ortho intramolecular Hbond substituents is 5. The van der Waals surface area contributed by atoms with Crippen molar-refractivity contribution in [1.29, 1.82) is 0 Å².